The second-order valence-electron chi connectivity index (χ2n) is 3.94. The van der Waals surface area contributed by atoms with Gasteiger partial charge in [-0.25, -0.2) is 0 Å². The predicted octanol–water partition coefficient (Wildman–Crippen LogP) is 0.190. The van der Waals surface area contributed by atoms with Gasteiger partial charge in [-0.3, -0.25) is 9.59 Å². The molecule has 1 rings (SSSR count). The lowest BCUT2D eigenvalue weighted by atomic mass is 10.1. The van der Waals surface area contributed by atoms with E-state index in [-0.39, 0.29) is 12.3 Å². The topological polar surface area (TPSA) is 92.4 Å². The standard InChI is InChI=1S/C10H18N2O3S/c11-8(5-9(13)14)10(15)12-6-7-3-1-2-4-16-7/h7-8H,1-6,11H2,(H,12,15)(H,13,14). The lowest BCUT2D eigenvalue weighted by Gasteiger charge is -2.22. The van der Waals surface area contributed by atoms with Crippen LogP contribution in [0.3, 0.4) is 0 Å². The fraction of sp³-hybridized carbons (Fsp3) is 0.800. The minimum Gasteiger partial charge on any atom is -0.481 e. The first kappa shape index (κ1) is 13.3. The van der Waals surface area contributed by atoms with E-state index in [1.807, 2.05) is 11.8 Å². The molecule has 1 heterocycles. The highest BCUT2D eigenvalue weighted by Crippen LogP contribution is 2.24. The van der Waals surface area contributed by atoms with E-state index in [1.54, 1.807) is 0 Å². The highest BCUT2D eigenvalue weighted by molar-refractivity contribution is 7.99. The molecule has 4 N–H and O–H groups in total. The van der Waals surface area contributed by atoms with Gasteiger partial charge in [0.2, 0.25) is 5.91 Å². The molecule has 92 valence electrons. The Morgan fingerprint density at radius 3 is 2.81 bits per heavy atom. The molecular formula is C10H18N2O3S. The van der Waals surface area contributed by atoms with Gasteiger partial charge in [0, 0.05) is 11.8 Å². The third-order valence-electron chi connectivity index (χ3n) is 2.51. The average Bonchev–Trinajstić information content (AvgIpc) is 2.26. The van der Waals surface area contributed by atoms with E-state index in [1.165, 1.54) is 12.8 Å². The summed E-state index contributed by atoms with van der Waals surface area (Å²) in [5.74, 6) is -0.273. The van der Waals surface area contributed by atoms with Crippen molar-refractivity contribution in [3.63, 3.8) is 0 Å². The van der Waals surface area contributed by atoms with Gasteiger partial charge in [-0.1, -0.05) is 6.42 Å². The molecule has 0 saturated carbocycles. The lowest BCUT2D eigenvalue weighted by Crippen LogP contribution is -2.44. The number of amides is 1. The molecule has 1 aliphatic heterocycles. The summed E-state index contributed by atoms with van der Waals surface area (Å²) in [6.45, 7) is 0.594. The maximum atomic E-state index is 11.4. The van der Waals surface area contributed by atoms with Gasteiger partial charge in [0.15, 0.2) is 0 Å². The summed E-state index contributed by atoms with van der Waals surface area (Å²) in [5.41, 5.74) is 5.43. The van der Waals surface area contributed by atoms with Crippen molar-refractivity contribution in [2.24, 2.45) is 5.73 Å². The van der Waals surface area contributed by atoms with E-state index in [2.05, 4.69) is 5.32 Å². The van der Waals surface area contributed by atoms with Crippen molar-refractivity contribution >= 4 is 23.6 Å². The van der Waals surface area contributed by atoms with E-state index in [9.17, 15) is 9.59 Å². The van der Waals surface area contributed by atoms with Crippen LogP contribution in [0.2, 0.25) is 0 Å². The normalized spacial score (nSPS) is 22.4. The molecule has 0 aromatic carbocycles. The molecule has 1 saturated heterocycles. The third kappa shape index (κ3) is 4.85. The van der Waals surface area contributed by atoms with Crippen LogP contribution < -0.4 is 11.1 Å². The largest absolute Gasteiger partial charge is 0.481 e. The Kier molecular flexibility index (Phi) is 5.62. The van der Waals surface area contributed by atoms with Crippen LogP contribution in [0.15, 0.2) is 0 Å². The number of aliphatic carboxylic acids is 1. The quantitative estimate of drug-likeness (QED) is 0.644. The fourth-order valence-electron chi connectivity index (χ4n) is 1.59. The van der Waals surface area contributed by atoms with Gasteiger partial charge in [-0.05, 0) is 18.6 Å². The molecule has 0 aromatic rings. The number of nitrogens with one attached hydrogen (secondary N) is 1. The zero-order chi connectivity index (χ0) is 12.0. The summed E-state index contributed by atoms with van der Waals surface area (Å²) >= 11 is 1.86. The van der Waals surface area contributed by atoms with E-state index < -0.39 is 12.0 Å². The van der Waals surface area contributed by atoms with Crippen LogP contribution in [0.5, 0.6) is 0 Å². The first-order valence-corrected chi connectivity index (χ1v) is 6.51. The number of carbonyl (C=O) groups excluding carboxylic acids is 1. The van der Waals surface area contributed by atoms with Crippen LogP contribution >= 0.6 is 11.8 Å². The Balaban J connectivity index is 2.20. The molecule has 0 radical (unpaired) electrons. The molecular weight excluding hydrogens is 228 g/mol. The Morgan fingerprint density at radius 2 is 2.25 bits per heavy atom. The van der Waals surface area contributed by atoms with Crippen LogP contribution in [0.25, 0.3) is 0 Å². The number of nitrogens with two attached hydrogens (primary N) is 1. The molecule has 16 heavy (non-hydrogen) atoms. The summed E-state index contributed by atoms with van der Waals surface area (Å²) in [6.07, 6.45) is 3.24. The molecule has 5 nitrogen and oxygen atoms in total. The third-order valence-corrected chi connectivity index (χ3v) is 3.91. The highest BCUT2D eigenvalue weighted by Gasteiger charge is 2.19. The van der Waals surface area contributed by atoms with Crippen LogP contribution in [-0.2, 0) is 9.59 Å². The van der Waals surface area contributed by atoms with Gasteiger partial charge in [0.1, 0.15) is 0 Å². The number of rotatable bonds is 5. The molecule has 1 fully saturated rings. The Hall–Kier alpha value is -0.750. The Morgan fingerprint density at radius 1 is 1.50 bits per heavy atom. The van der Waals surface area contributed by atoms with Crippen molar-refractivity contribution in [2.75, 3.05) is 12.3 Å². The van der Waals surface area contributed by atoms with Gasteiger partial charge >= 0.3 is 5.97 Å². The van der Waals surface area contributed by atoms with Crippen LogP contribution in [0.4, 0.5) is 0 Å². The maximum absolute atomic E-state index is 11.4. The fourth-order valence-corrected chi connectivity index (χ4v) is 2.83. The monoisotopic (exact) mass is 246 g/mol. The van der Waals surface area contributed by atoms with Gasteiger partial charge < -0.3 is 16.2 Å². The van der Waals surface area contributed by atoms with E-state index in [0.29, 0.717) is 11.8 Å². The van der Waals surface area contributed by atoms with Crippen molar-refractivity contribution in [1.82, 2.24) is 5.32 Å². The van der Waals surface area contributed by atoms with Gasteiger partial charge in [0.05, 0.1) is 12.5 Å². The van der Waals surface area contributed by atoms with Crippen molar-refractivity contribution in [1.29, 1.82) is 0 Å². The second kappa shape index (κ2) is 6.75. The summed E-state index contributed by atoms with van der Waals surface area (Å²) in [5, 5.41) is 11.6. The van der Waals surface area contributed by atoms with E-state index in [0.717, 1.165) is 12.2 Å². The molecule has 0 spiro atoms. The van der Waals surface area contributed by atoms with Crippen molar-refractivity contribution in [3.8, 4) is 0 Å². The number of hydrogen-bond acceptors (Lipinski definition) is 4. The Labute approximate surface area is 99.1 Å². The van der Waals surface area contributed by atoms with Crippen LogP contribution in [-0.4, -0.2) is 40.6 Å². The van der Waals surface area contributed by atoms with Crippen molar-refractivity contribution in [2.45, 2.75) is 37.0 Å². The molecule has 0 bridgehead atoms. The number of carbonyl (C=O) groups is 2. The van der Waals surface area contributed by atoms with E-state index >= 15 is 0 Å². The number of carboxylic acid groups (broad SMARTS) is 1. The highest BCUT2D eigenvalue weighted by atomic mass is 32.2. The molecule has 2 atom stereocenters. The summed E-state index contributed by atoms with van der Waals surface area (Å²) < 4.78 is 0. The zero-order valence-corrected chi connectivity index (χ0v) is 9.96. The predicted molar refractivity (Wildman–Crippen MR) is 63.3 cm³/mol. The van der Waals surface area contributed by atoms with Gasteiger partial charge in [-0.2, -0.15) is 11.8 Å². The van der Waals surface area contributed by atoms with Crippen LogP contribution in [0, 0.1) is 0 Å². The van der Waals surface area contributed by atoms with Crippen molar-refractivity contribution in [3.05, 3.63) is 0 Å². The SMILES string of the molecule is NC(CC(=O)O)C(=O)NCC1CCCCS1. The van der Waals surface area contributed by atoms with Crippen LogP contribution in [0.1, 0.15) is 25.7 Å². The number of hydrogen-bond donors (Lipinski definition) is 3. The summed E-state index contributed by atoms with van der Waals surface area (Å²) in [6, 6.07) is -0.939. The number of thioether (sulfide) groups is 1. The van der Waals surface area contributed by atoms with Crippen molar-refractivity contribution < 1.29 is 14.7 Å². The van der Waals surface area contributed by atoms with E-state index in [4.69, 9.17) is 10.8 Å². The Bertz CT molecular complexity index is 254. The molecule has 0 aromatic heterocycles. The first-order chi connectivity index (χ1) is 7.59. The minimum absolute atomic E-state index is 0.316. The maximum Gasteiger partial charge on any atom is 0.305 e. The first-order valence-electron chi connectivity index (χ1n) is 5.46. The molecule has 1 aliphatic rings. The molecule has 6 heteroatoms. The molecule has 0 aliphatic carbocycles. The minimum atomic E-state index is -1.05. The summed E-state index contributed by atoms with van der Waals surface area (Å²) in [4.78, 5) is 21.8. The van der Waals surface area contributed by atoms with Gasteiger partial charge in [-0.15, -0.1) is 0 Å². The smallest absolute Gasteiger partial charge is 0.305 e. The van der Waals surface area contributed by atoms with Gasteiger partial charge in [0.25, 0.3) is 0 Å². The molecule has 2 unspecified atom stereocenters. The number of carboxylic acids is 1. The lowest BCUT2D eigenvalue weighted by molar-refractivity contribution is -0.139. The summed E-state index contributed by atoms with van der Waals surface area (Å²) in [7, 11) is 0. The zero-order valence-electron chi connectivity index (χ0n) is 9.15. The second-order valence-corrected chi connectivity index (χ2v) is 5.35. The molecule has 1 amide bonds. The average molecular weight is 246 g/mol.